The number of hydrogen-bond donors (Lipinski definition) is 1. The van der Waals surface area contributed by atoms with E-state index in [9.17, 15) is 0 Å². The van der Waals surface area contributed by atoms with E-state index in [-0.39, 0.29) is 0 Å². The highest BCUT2D eigenvalue weighted by Crippen LogP contribution is 2.28. The smallest absolute Gasteiger partial charge is 0.0400 e. The van der Waals surface area contributed by atoms with Gasteiger partial charge in [0.05, 0.1) is 0 Å². The van der Waals surface area contributed by atoms with E-state index in [4.69, 9.17) is 5.73 Å². The molecule has 2 heterocycles. The van der Waals surface area contributed by atoms with Crippen LogP contribution in [0, 0.1) is 6.92 Å². The van der Waals surface area contributed by atoms with Crippen LogP contribution in [0.3, 0.4) is 0 Å². The number of hydrogen-bond acceptors (Lipinski definition) is 3. The summed E-state index contributed by atoms with van der Waals surface area (Å²) in [6.45, 7) is 7.79. The van der Waals surface area contributed by atoms with Crippen LogP contribution in [0.4, 0.5) is 5.69 Å². The van der Waals surface area contributed by atoms with Crippen LogP contribution in [0.15, 0.2) is 18.2 Å². The molecule has 2 aliphatic heterocycles. The molecule has 0 amide bonds. The lowest BCUT2D eigenvalue weighted by molar-refractivity contribution is 0.133. The Morgan fingerprint density at radius 1 is 1.20 bits per heavy atom. The fourth-order valence-corrected chi connectivity index (χ4v) is 3.75. The topological polar surface area (TPSA) is 32.5 Å². The summed E-state index contributed by atoms with van der Waals surface area (Å²) in [7, 11) is 0. The largest absolute Gasteiger partial charge is 0.368 e. The zero-order valence-electron chi connectivity index (χ0n) is 12.6. The van der Waals surface area contributed by atoms with E-state index in [0.717, 1.165) is 25.6 Å². The monoisotopic (exact) mass is 273 g/mol. The van der Waals surface area contributed by atoms with Crippen LogP contribution < -0.4 is 10.6 Å². The van der Waals surface area contributed by atoms with Gasteiger partial charge in [-0.1, -0.05) is 24.1 Å². The summed E-state index contributed by atoms with van der Waals surface area (Å²) in [5.41, 5.74) is 9.98. The normalized spacial score (nSPS) is 23.7. The third kappa shape index (κ3) is 2.84. The molecule has 20 heavy (non-hydrogen) atoms. The molecule has 2 N–H and O–H groups in total. The lowest BCUT2D eigenvalue weighted by Crippen LogP contribution is -2.55. The average molecular weight is 273 g/mol. The number of anilines is 1. The number of benzene rings is 1. The van der Waals surface area contributed by atoms with Gasteiger partial charge < -0.3 is 10.6 Å². The zero-order chi connectivity index (χ0) is 13.9. The first-order chi connectivity index (χ1) is 9.78. The number of aryl methyl sites for hydroxylation is 1. The minimum Gasteiger partial charge on any atom is -0.368 e. The molecule has 0 saturated carbocycles. The molecule has 2 aliphatic rings. The number of rotatable bonds is 3. The van der Waals surface area contributed by atoms with E-state index in [1.54, 1.807) is 0 Å². The standard InChI is InChI=1S/C17H27N3/c1-14-5-6-17(15(12-14)7-8-18)20-11-10-19-9-3-2-4-16(19)13-20/h5-6,12,16H,2-4,7-11,13,18H2,1H3. The van der Waals surface area contributed by atoms with Gasteiger partial charge in [0.25, 0.3) is 0 Å². The minimum absolute atomic E-state index is 0.736. The Kier molecular flexibility index (Phi) is 4.27. The van der Waals surface area contributed by atoms with E-state index in [1.165, 1.54) is 55.7 Å². The summed E-state index contributed by atoms with van der Waals surface area (Å²) >= 11 is 0. The molecule has 2 saturated heterocycles. The second-order valence-corrected chi connectivity index (χ2v) is 6.30. The SMILES string of the molecule is Cc1ccc(N2CCN3CCCCC3C2)c(CCN)c1. The fraction of sp³-hybridized carbons (Fsp3) is 0.647. The van der Waals surface area contributed by atoms with Crippen LogP contribution in [-0.2, 0) is 6.42 Å². The van der Waals surface area contributed by atoms with Crippen LogP contribution in [0.1, 0.15) is 30.4 Å². The molecule has 0 spiro atoms. The number of piperidine rings is 1. The van der Waals surface area contributed by atoms with Gasteiger partial charge in [0.15, 0.2) is 0 Å². The molecule has 1 unspecified atom stereocenters. The van der Waals surface area contributed by atoms with Crippen molar-refractivity contribution in [1.82, 2.24) is 4.90 Å². The molecular weight excluding hydrogens is 246 g/mol. The number of piperazine rings is 1. The summed E-state index contributed by atoms with van der Waals surface area (Å²) < 4.78 is 0. The zero-order valence-corrected chi connectivity index (χ0v) is 12.6. The van der Waals surface area contributed by atoms with Crippen LogP contribution in [0.25, 0.3) is 0 Å². The Morgan fingerprint density at radius 3 is 2.95 bits per heavy atom. The van der Waals surface area contributed by atoms with Crippen molar-refractivity contribution in [2.24, 2.45) is 5.73 Å². The molecule has 2 fully saturated rings. The molecule has 110 valence electrons. The number of nitrogens with zero attached hydrogens (tertiary/aromatic N) is 2. The van der Waals surface area contributed by atoms with Gasteiger partial charge in [-0.25, -0.2) is 0 Å². The molecule has 0 radical (unpaired) electrons. The molecule has 3 heteroatoms. The van der Waals surface area contributed by atoms with Crippen molar-refractivity contribution in [1.29, 1.82) is 0 Å². The first-order valence-electron chi connectivity index (χ1n) is 8.06. The first-order valence-corrected chi connectivity index (χ1v) is 8.06. The van der Waals surface area contributed by atoms with Gasteiger partial charge in [0, 0.05) is 31.4 Å². The van der Waals surface area contributed by atoms with Crippen molar-refractivity contribution in [2.75, 3.05) is 37.6 Å². The quantitative estimate of drug-likeness (QED) is 0.916. The predicted molar refractivity (Wildman–Crippen MR) is 85.4 cm³/mol. The summed E-state index contributed by atoms with van der Waals surface area (Å²) in [5.74, 6) is 0. The highest BCUT2D eigenvalue weighted by molar-refractivity contribution is 5.55. The Bertz CT molecular complexity index is 458. The molecule has 0 aliphatic carbocycles. The van der Waals surface area contributed by atoms with Gasteiger partial charge in [-0.05, 0) is 50.9 Å². The average Bonchev–Trinajstić information content (AvgIpc) is 2.47. The van der Waals surface area contributed by atoms with E-state index < -0.39 is 0 Å². The van der Waals surface area contributed by atoms with Crippen molar-refractivity contribution in [3.8, 4) is 0 Å². The predicted octanol–water partition coefficient (Wildman–Crippen LogP) is 2.17. The molecule has 0 aromatic heterocycles. The Balaban J connectivity index is 1.78. The van der Waals surface area contributed by atoms with Crippen LogP contribution in [0.2, 0.25) is 0 Å². The van der Waals surface area contributed by atoms with Crippen LogP contribution >= 0.6 is 0 Å². The third-order valence-electron chi connectivity index (χ3n) is 4.83. The van der Waals surface area contributed by atoms with Gasteiger partial charge in [0.2, 0.25) is 0 Å². The maximum absolute atomic E-state index is 5.79. The lowest BCUT2D eigenvalue weighted by atomic mass is 9.98. The second-order valence-electron chi connectivity index (χ2n) is 6.30. The summed E-state index contributed by atoms with van der Waals surface area (Å²) in [6, 6.07) is 7.63. The third-order valence-corrected chi connectivity index (χ3v) is 4.83. The van der Waals surface area contributed by atoms with E-state index in [1.807, 2.05) is 0 Å². The van der Waals surface area contributed by atoms with Gasteiger partial charge in [-0.15, -0.1) is 0 Å². The number of fused-ring (bicyclic) bond motifs is 1. The van der Waals surface area contributed by atoms with Gasteiger partial charge >= 0.3 is 0 Å². The molecule has 1 aromatic carbocycles. The fourth-order valence-electron chi connectivity index (χ4n) is 3.75. The molecule has 0 bridgehead atoms. The Morgan fingerprint density at radius 2 is 2.10 bits per heavy atom. The lowest BCUT2D eigenvalue weighted by Gasteiger charge is -2.45. The molecule has 3 nitrogen and oxygen atoms in total. The van der Waals surface area contributed by atoms with Crippen molar-refractivity contribution < 1.29 is 0 Å². The Hall–Kier alpha value is -1.06. The second kappa shape index (κ2) is 6.15. The summed E-state index contributed by atoms with van der Waals surface area (Å²) in [5, 5.41) is 0. The number of nitrogens with two attached hydrogens (primary N) is 1. The van der Waals surface area contributed by atoms with Gasteiger partial charge in [-0.2, -0.15) is 0 Å². The maximum atomic E-state index is 5.79. The summed E-state index contributed by atoms with van der Waals surface area (Å²) in [6.07, 6.45) is 5.15. The van der Waals surface area contributed by atoms with E-state index >= 15 is 0 Å². The first kappa shape index (κ1) is 13.9. The minimum atomic E-state index is 0.736. The highest BCUT2D eigenvalue weighted by Gasteiger charge is 2.29. The van der Waals surface area contributed by atoms with Crippen molar-refractivity contribution in [3.05, 3.63) is 29.3 Å². The van der Waals surface area contributed by atoms with E-state index in [0.29, 0.717) is 0 Å². The van der Waals surface area contributed by atoms with Crippen molar-refractivity contribution >= 4 is 5.69 Å². The highest BCUT2D eigenvalue weighted by atomic mass is 15.3. The van der Waals surface area contributed by atoms with Crippen LogP contribution in [-0.4, -0.2) is 43.7 Å². The molecule has 1 atom stereocenters. The molecular formula is C17H27N3. The molecule has 3 rings (SSSR count). The Labute approximate surface area is 122 Å². The molecule has 1 aromatic rings. The van der Waals surface area contributed by atoms with Gasteiger partial charge in [-0.3, -0.25) is 4.90 Å². The van der Waals surface area contributed by atoms with Crippen LogP contribution in [0.5, 0.6) is 0 Å². The van der Waals surface area contributed by atoms with Crippen molar-refractivity contribution in [3.63, 3.8) is 0 Å². The van der Waals surface area contributed by atoms with Gasteiger partial charge in [0.1, 0.15) is 0 Å². The summed E-state index contributed by atoms with van der Waals surface area (Å²) in [4.78, 5) is 5.29. The van der Waals surface area contributed by atoms with E-state index in [2.05, 4.69) is 34.9 Å². The maximum Gasteiger partial charge on any atom is 0.0400 e. The van der Waals surface area contributed by atoms with Crippen molar-refractivity contribution in [2.45, 2.75) is 38.6 Å².